The topological polar surface area (TPSA) is 21.3 Å². The van der Waals surface area contributed by atoms with Crippen LogP contribution in [0.25, 0.3) is 0 Å². The lowest BCUT2D eigenvalue weighted by atomic mass is 9.87. The largest absolute Gasteiger partial charge is 0.496 e. The summed E-state index contributed by atoms with van der Waals surface area (Å²) in [6, 6.07) is 17.5. The molecule has 0 saturated carbocycles. The lowest BCUT2D eigenvalue weighted by Crippen LogP contribution is -2.25. The molecule has 1 aliphatic rings. The minimum Gasteiger partial charge on any atom is -0.496 e. The van der Waals surface area contributed by atoms with Crippen LogP contribution in [0.5, 0.6) is 5.75 Å². The molecule has 0 heterocycles. The fourth-order valence-corrected chi connectivity index (χ4v) is 3.05. The van der Waals surface area contributed by atoms with Crippen molar-refractivity contribution in [3.8, 4) is 5.75 Å². The second-order valence-electron chi connectivity index (χ2n) is 5.34. The highest BCUT2D eigenvalue weighted by molar-refractivity contribution is 5.35. The van der Waals surface area contributed by atoms with Gasteiger partial charge in [-0.25, -0.2) is 0 Å². The third-order valence-electron chi connectivity index (χ3n) is 4.10. The highest BCUT2D eigenvalue weighted by Crippen LogP contribution is 2.30. The zero-order chi connectivity index (χ0) is 13.8. The quantitative estimate of drug-likeness (QED) is 0.908. The second kappa shape index (κ2) is 6.10. The number of fused-ring (bicyclic) bond motifs is 1. The summed E-state index contributed by atoms with van der Waals surface area (Å²) in [4.78, 5) is 0. The monoisotopic (exact) mass is 267 g/mol. The van der Waals surface area contributed by atoms with E-state index in [4.69, 9.17) is 4.74 Å². The highest BCUT2D eigenvalue weighted by atomic mass is 16.5. The third-order valence-corrected chi connectivity index (χ3v) is 4.10. The van der Waals surface area contributed by atoms with E-state index in [9.17, 15) is 0 Å². The lowest BCUT2D eigenvalue weighted by Gasteiger charge is -2.26. The van der Waals surface area contributed by atoms with E-state index in [2.05, 4.69) is 41.7 Å². The first-order valence-electron chi connectivity index (χ1n) is 7.31. The van der Waals surface area contributed by atoms with Gasteiger partial charge >= 0.3 is 0 Å². The van der Waals surface area contributed by atoms with E-state index >= 15 is 0 Å². The van der Waals surface area contributed by atoms with Crippen LogP contribution in [0.3, 0.4) is 0 Å². The second-order valence-corrected chi connectivity index (χ2v) is 5.34. The Morgan fingerprint density at radius 2 is 1.90 bits per heavy atom. The first-order valence-corrected chi connectivity index (χ1v) is 7.31. The van der Waals surface area contributed by atoms with Crippen LogP contribution in [0.15, 0.2) is 48.5 Å². The van der Waals surface area contributed by atoms with Crippen molar-refractivity contribution in [2.24, 2.45) is 0 Å². The van der Waals surface area contributed by atoms with Gasteiger partial charge in [0.15, 0.2) is 0 Å². The van der Waals surface area contributed by atoms with Crippen LogP contribution in [0.4, 0.5) is 0 Å². The molecule has 20 heavy (non-hydrogen) atoms. The van der Waals surface area contributed by atoms with Gasteiger partial charge in [0.1, 0.15) is 5.75 Å². The standard InChI is InChI=1S/C18H21NO/c1-20-18-12-5-3-8-15(18)13-19-17-11-6-9-14-7-2-4-10-16(14)17/h2-5,7-8,10,12,17,19H,6,9,11,13H2,1H3/t17-/m0/s1. The first kappa shape index (κ1) is 13.2. The Balaban J connectivity index is 1.73. The summed E-state index contributed by atoms with van der Waals surface area (Å²) in [5, 5.41) is 3.69. The van der Waals surface area contributed by atoms with E-state index in [1.807, 2.05) is 12.1 Å². The maximum absolute atomic E-state index is 5.41. The van der Waals surface area contributed by atoms with Crippen molar-refractivity contribution < 1.29 is 4.74 Å². The fraction of sp³-hybridized carbons (Fsp3) is 0.333. The van der Waals surface area contributed by atoms with Crippen molar-refractivity contribution >= 4 is 0 Å². The Hall–Kier alpha value is -1.80. The average molecular weight is 267 g/mol. The molecule has 0 unspecified atom stereocenters. The van der Waals surface area contributed by atoms with Crippen LogP contribution < -0.4 is 10.1 Å². The third kappa shape index (κ3) is 2.70. The summed E-state index contributed by atoms with van der Waals surface area (Å²) >= 11 is 0. The molecule has 0 aliphatic heterocycles. The molecule has 0 amide bonds. The van der Waals surface area contributed by atoms with Crippen molar-refractivity contribution in [1.82, 2.24) is 5.32 Å². The van der Waals surface area contributed by atoms with Crippen LogP contribution in [0.1, 0.15) is 35.6 Å². The molecule has 0 radical (unpaired) electrons. The Bertz CT molecular complexity index is 579. The number of rotatable bonds is 4. The summed E-state index contributed by atoms with van der Waals surface area (Å²) in [6.07, 6.45) is 3.69. The number of para-hydroxylation sites is 1. The lowest BCUT2D eigenvalue weighted by molar-refractivity contribution is 0.401. The van der Waals surface area contributed by atoms with Crippen LogP contribution in [-0.4, -0.2) is 7.11 Å². The molecule has 104 valence electrons. The van der Waals surface area contributed by atoms with Crippen LogP contribution in [0, 0.1) is 0 Å². The van der Waals surface area contributed by atoms with Gasteiger partial charge in [-0.2, -0.15) is 0 Å². The molecule has 2 heteroatoms. The van der Waals surface area contributed by atoms with Crippen LogP contribution in [0.2, 0.25) is 0 Å². The average Bonchev–Trinajstić information content (AvgIpc) is 2.53. The van der Waals surface area contributed by atoms with Gasteiger partial charge in [0.25, 0.3) is 0 Å². The van der Waals surface area contributed by atoms with E-state index in [1.165, 1.54) is 36.0 Å². The predicted molar refractivity (Wildman–Crippen MR) is 82.0 cm³/mol. The number of hydrogen-bond acceptors (Lipinski definition) is 2. The van der Waals surface area contributed by atoms with Gasteiger partial charge in [0, 0.05) is 18.2 Å². The molecule has 0 aromatic heterocycles. The minimum atomic E-state index is 0.463. The van der Waals surface area contributed by atoms with Gasteiger partial charge in [-0.05, 0) is 36.5 Å². The summed E-state index contributed by atoms with van der Waals surface area (Å²) in [5.74, 6) is 0.962. The van der Waals surface area contributed by atoms with E-state index in [0.717, 1.165) is 12.3 Å². The molecule has 2 aromatic rings. The first-order chi connectivity index (χ1) is 9.88. The summed E-state index contributed by atoms with van der Waals surface area (Å²) in [5.41, 5.74) is 4.18. The Morgan fingerprint density at radius 3 is 2.80 bits per heavy atom. The van der Waals surface area contributed by atoms with Crippen molar-refractivity contribution in [2.45, 2.75) is 31.8 Å². The summed E-state index contributed by atoms with van der Waals surface area (Å²) in [7, 11) is 1.73. The van der Waals surface area contributed by atoms with Gasteiger partial charge in [0.05, 0.1) is 7.11 Å². The number of aryl methyl sites for hydroxylation is 1. The van der Waals surface area contributed by atoms with Crippen LogP contribution in [-0.2, 0) is 13.0 Å². The Morgan fingerprint density at radius 1 is 1.10 bits per heavy atom. The highest BCUT2D eigenvalue weighted by Gasteiger charge is 2.19. The normalized spacial score (nSPS) is 17.6. The minimum absolute atomic E-state index is 0.463. The number of benzene rings is 2. The zero-order valence-corrected chi connectivity index (χ0v) is 11.9. The molecule has 0 saturated heterocycles. The number of hydrogen-bond donors (Lipinski definition) is 1. The molecule has 1 atom stereocenters. The zero-order valence-electron chi connectivity index (χ0n) is 11.9. The maximum Gasteiger partial charge on any atom is 0.123 e. The van der Waals surface area contributed by atoms with Crippen LogP contribution >= 0.6 is 0 Å². The molecule has 2 aromatic carbocycles. The molecule has 1 N–H and O–H groups in total. The molecule has 2 nitrogen and oxygen atoms in total. The molecule has 0 spiro atoms. The summed E-state index contributed by atoms with van der Waals surface area (Å²) < 4.78 is 5.41. The van der Waals surface area contributed by atoms with E-state index < -0.39 is 0 Å². The van der Waals surface area contributed by atoms with Gasteiger partial charge in [-0.1, -0.05) is 42.5 Å². The van der Waals surface area contributed by atoms with Gasteiger partial charge in [0.2, 0.25) is 0 Å². The molecule has 0 fully saturated rings. The van der Waals surface area contributed by atoms with Crippen molar-refractivity contribution in [3.05, 3.63) is 65.2 Å². The van der Waals surface area contributed by atoms with Gasteiger partial charge in [-0.15, -0.1) is 0 Å². The van der Waals surface area contributed by atoms with E-state index in [0.29, 0.717) is 6.04 Å². The SMILES string of the molecule is COc1ccccc1CN[C@H]1CCCc2ccccc21. The van der Waals surface area contributed by atoms with E-state index in [1.54, 1.807) is 7.11 Å². The van der Waals surface area contributed by atoms with Crippen molar-refractivity contribution in [2.75, 3.05) is 7.11 Å². The molecule has 1 aliphatic carbocycles. The fourth-order valence-electron chi connectivity index (χ4n) is 3.05. The Kier molecular flexibility index (Phi) is 4.03. The van der Waals surface area contributed by atoms with Gasteiger partial charge in [-0.3, -0.25) is 0 Å². The number of methoxy groups -OCH3 is 1. The maximum atomic E-state index is 5.41. The number of ether oxygens (including phenoxy) is 1. The smallest absolute Gasteiger partial charge is 0.123 e. The Labute approximate surface area is 120 Å². The van der Waals surface area contributed by atoms with Crippen molar-refractivity contribution in [3.63, 3.8) is 0 Å². The van der Waals surface area contributed by atoms with Crippen molar-refractivity contribution in [1.29, 1.82) is 0 Å². The summed E-state index contributed by atoms with van der Waals surface area (Å²) in [6.45, 7) is 0.850. The van der Waals surface area contributed by atoms with Gasteiger partial charge < -0.3 is 10.1 Å². The molecular weight excluding hydrogens is 246 g/mol. The van der Waals surface area contributed by atoms with E-state index in [-0.39, 0.29) is 0 Å². The molecule has 3 rings (SSSR count). The molecular formula is C18H21NO. The predicted octanol–water partition coefficient (Wildman–Crippen LogP) is 3.86. The molecule has 0 bridgehead atoms. The number of nitrogens with one attached hydrogen (secondary N) is 1.